The number of carbonyl (C=O) groups is 1. The van der Waals surface area contributed by atoms with Crippen LogP contribution in [0.5, 0.6) is 0 Å². The highest BCUT2D eigenvalue weighted by Gasteiger charge is 2.19. The minimum absolute atomic E-state index is 0.150. The lowest BCUT2D eigenvalue weighted by molar-refractivity contribution is 0.102. The van der Waals surface area contributed by atoms with E-state index in [9.17, 15) is 4.79 Å². The van der Waals surface area contributed by atoms with Crippen LogP contribution in [0.3, 0.4) is 0 Å². The van der Waals surface area contributed by atoms with Gasteiger partial charge in [-0.25, -0.2) is 4.98 Å². The molecule has 0 aliphatic carbocycles. The van der Waals surface area contributed by atoms with Crippen molar-refractivity contribution in [3.8, 4) is 0 Å². The number of aryl methyl sites for hydroxylation is 1. The number of thiazole rings is 1. The first-order valence-electron chi connectivity index (χ1n) is 6.59. The summed E-state index contributed by atoms with van der Waals surface area (Å²) in [7, 11) is 0. The van der Waals surface area contributed by atoms with Crippen molar-refractivity contribution in [2.45, 2.75) is 32.7 Å². The molecule has 3 heterocycles. The van der Waals surface area contributed by atoms with Crippen molar-refractivity contribution >= 4 is 33.9 Å². The molecule has 0 saturated heterocycles. The third-order valence-corrected chi connectivity index (χ3v) is 4.85. The fourth-order valence-electron chi connectivity index (χ4n) is 2.11. The Hall–Kier alpha value is -1.38. The second-order valence-corrected chi connectivity index (χ2v) is 6.41. The van der Waals surface area contributed by atoms with Gasteiger partial charge in [0.05, 0.1) is 11.4 Å². The summed E-state index contributed by atoms with van der Waals surface area (Å²) in [6, 6.07) is 0. The van der Waals surface area contributed by atoms with Gasteiger partial charge in [-0.3, -0.25) is 10.1 Å². The standard InChI is InChI=1S/C12H15N5OS2/c1-2-3-8-10(20-17-16-8)11(18)15-12-14-7-4-5-13-6-9(7)19-12/h13H,2-6H2,1H3,(H,14,15,18). The van der Waals surface area contributed by atoms with E-state index in [2.05, 4.69) is 32.1 Å². The SMILES string of the molecule is CCCc1nnsc1C(=O)Nc1nc2c(s1)CNCC2. The van der Waals surface area contributed by atoms with Crippen LogP contribution in [0.15, 0.2) is 0 Å². The van der Waals surface area contributed by atoms with Gasteiger partial charge in [0.2, 0.25) is 0 Å². The highest BCUT2D eigenvalue weighted by molar-refractivity contribution is 7.16. The van der Waals surface area contributed by atoms with Crippen molar-refractivity contribution < 1.29 is 4.79 Å². The maximum Gasteiger partial charge on any atom is 0.271 e. The Morgan fingerprint density at radius 3 is 3.20 bits per heavy atom. The van der Waals surface area contributed by atoms with E-state index in [4.69, 9.17) is 0 Å². The molecule has 3 rings (SSSR count). The van der Waals surface area contributed by atoms with Gasteiger partial charge < -0.3 is 5.32 Å². The number of anilines is 1. The molecule has 0 radical (unpaired) electrons. The van der Waals surface area contributed by atoms with Crippen LogP contribution in [0.1, 0.15) is 39.3 Å². The van der Waals surface area contributed by atoms with Crippen molar-refractivity contribution in [3.05, 3.63) is 21.1 Å². The number of rotatable bonds is 4. The van der Waals surface area contributed by atoms with Gasteiger partial charge in [-0.1, -0.05) is 17.8 Å². The van der Waals surface area contributed by atoms with Crippen molar-refractivity contribution in [2.24, 2.45) is 0 Å². The van der Waals surface area contributed by atoms with Gasteiger partial charge in [-0.05, 0) is 18.0 Å². The largest absolute Gasteiger partial charge is 0.311 e. The highest BCUT2D eigenvalue weighted by atomic mass is 32.1. The quantitative estimate of drug-likeness (QED) is 0.901. The molecule has 0 fully saturated rings. The van der Waals surface area contributed by atoms with E-state index in [1.807, 2.05) is 0 Å². The predicted octanol–water partition coefficient (Wildman–Crippen LogP) is 1.85. The molecule has 1 amide bonds. The van der Waals surface area contributed by atoms with Crippen LogP contribution in [0.4, 0.5) is 5.13 Å². The maximum absolute atomic E-state index is 12.3. The molecule has 2 aromatic heterocycles. The van der Waals surface area contributed by atoms with E-state index < -0.39 is 0 Å². The van der Waals surface area contributed by atoms with Crippen molar-refractivity contribution in [3.63, 3.8) is 0 Å². The van der Waals surface area contributed by atoms with Crippen molar-refractivity contribution in [1.82, 2.24) is 19.9 Å². The lowest BCUT2D eigenvalue weighted by Crippen LogP contribution is -2.22. The average Bonchev–Trinajstić information content (AvgIpc) is 3.04. The lowest BCUT2D eigenvalue weighted by Gasteiger charge is -2.09. The summed E-state index contributed by atoms with van der Waals surface area (Å²) in [6.45, 7) is 3.85. The molecular weight excluding hydrogens is 294 g/mol. The Morgan fingerprint density at radius 1 is 1.50 bits per heavy atom. The Morgan fingerprint density at radius 2 is 2.40 bits per heavy atom. The molecule has 1 aliphatic heterocycles. The molecule has 0 saturated carbocycles. The Labute approximate surface area is 124 Å². The van der Waals surface area contributed by atoms with Crippen LogP contribution in [0.25, 0.3) is 0 Å². The number of nitrogens with zero attached hydrogens (tertiary/aromatic N) is 3. The molecule has 0 aromatic carbocycles. The molecule has 0 atom stereocenters. The molecule has 6 nitrogen and oxygen atoms in total. The van der Waals surface area contributed by atoms with E-state index in [1.165, 1.54) is 16.2 Å². The first kappa shape index (κ1) is 13.6. The molecule has 1 aliphatic rings. The van der Waals surface area contributed by atoms with Gasteiger partial charge in [0.25, 0.3) is 5.91 Å². The second kappa shape index (κ2) is 5.94. The number of carbonyl (C=O) groups excluding carboxylic acids is 1. The molecular formula is C12H15N5OS2. The van der Waals surface area contributed by atoms with Crippen LogP contribution in [-0.2, 0) is 19.4 Å². The number of nitrogens with one attached hydrogen (secondary N) is 2. The Balaban J connectivity index is 1.75. The zero-order valence-electron chi connectivity index (χ0n) is 11.1. The molecule has 2 aromatic rings. The van der Waals surface area contributed by atoms with Crippen LogP contribution in [0, 0.1) is 0 Å². The molecule has 106 valence electrons. The third kappa shape index (κ3) is 2.72. The number of amides is 1. The van der Waals surface area contributed by atoms with Gasteiger partial charge in [0.15, 0.2) is 5.13 Å². The summed E-state index contributed by atoms with van der Waals surface area (Å²) in [4.78, 5) is 18.5. The molecule has 2 N–H and O–H groups in total. The lowest BCUT2D eigenvalue weighted by atomic mass is 10.2. The summed E-state index contributed by atoms with van der Waals surface area (Å²) in [5, 5.41) is 10.9. The second-order valence-electron chi connectivity index (χ2n) is 4.57. The summed E-state index contributed by atoms with van der Waals surface area (Å²) in [5.41, 5.74) is 1.87. The number of fused-ring (bicyclic) bond motifs is 1. The molecule has 8 heteroatoms. The van der Waals surface area contributed by atoms with E-state index in [1.54, 1.807) is 0 Å². The zero-order chi connectivity index (χ0) is 13.9. The van der Waals surface area contributed by atoms with E-state index in [-0.39, 0.29) is 5.91 Å². The molecule has 0 unspecified atom stereocenters. The summed E-state index contributed by atoms with van der Waals surface area (Å²) in [5.74, 6) is -0.150. The third-order valence-electron chi connectivity index (χ3n) is 3.07. The minimum atomic E-state index is -0.150. The number of aromatic nitrogens is 3. The fourth-order valence-corrected chi connectivity index (χ4v) is 3.69. The van der Waals surface area contributed by atoms with E-state index >= 15 is 0 Å². The highest BCUT2D eigenvalue weighted by Crippen LogP contribution is 2.26. The summed E-state index contributed by atoms with van der Waals surface area (Å²) in [6.07, 6.45) is 2.64. The summed E-state index contributed by atoms with van der Waals surface area (Å²) >= 11 is 2.68. The van der Waals surface area contributed by atoms with Gasteiger partial charge in [0, 0.05) is 24.4 Å². The average molecular weight is 309 g/mol. The topological polar surface area (TPSA) is 79.8 Å². The number of hydrogen-bond donors (Lipinski definition) is 2. The van der Waals surface area contributed by atoms with E-state index in [0.29, 0.717) is 10.0 Å². The van der Waals surface area contributed by atoms with Crippen LogP contribution in [-0.4, -0.2) is 27.0 Å². The predicted molar refractivity (Wildman–Crippen MR) is 79.4 cm³/mol. The zero-order valence-corrected chi connectivity index (χ0v) is 12.7. The Kier molecular flexibility index (Phi) is 4.04. The van der Waals surface area contributed by atoms with Crippen LogP contribution < -0.4 is 10.6 Å². The normalized spacial score (nSPS) is 14.1. The monoisotopic (exact) mass is 309 g/mol. The van der Waals surface area contributed by atoms with Crippen LogP contribution >= 0.6 is 22.9 Å². The van der Waals surface area contributed by atoms with Crippen LogP contribution in [0.2, 0.25) is 0 Å². The number of hydrogen-bond acceptors (Lipinski definition) is 7. The smallest absolute Gasteiger partial charge is 0.271 e. The minimum Gasteiger partial charge on any atom is -0.311 e. The first-order valence-corrected chi connectivity index (χ1v) is 8.18. The van der Waals surface area contributed by atoms with Gasteiger partial charge in [-0.2, -0.15) is 0 Å². The van der Waals surface area contributed by atoms with Gasteiger partial charge in [-0.15, -0.1) is 16.4 Å². The Bertz CT molecular complexity index is 598. The molecule has 0 bridgehead atoms. The first-order chi connectivity index (χ1) is 9.78. The van der Waals surface area contributed by atoms with Gasteiger partial charge in [0.1, 0.15) is 4.88 Å². The molecule has 0 spiro atoms. The summed E-state index contributed by atoms with van der Waals surface area (Å²) < 4.78 is 3.87. The van der Waals surface area contributed by atoms with Gasteiger partial charge >= 0.3 is 0 Å². The van der Waals surface area contributed by atoms with Crippen molar-refractivity contribution in [1.29, 1.82) is 0 Å². The van der Waals surface area contributed by atoms with Crippen molar-refractivity contribution in [2.75, 3.05) is 11.9 Å². The van der Waals surface area contributed by atoms with E-state index in [0.717, 1.165) is 55.3 Å². The maximum atomic E-state index is 12.3. The fraction of sp³-hybridized carbons (Fsp3) is 0.500. The molecule has 20 heavy (non-hydrogen) atoms.